The van der Waals surface area contributed by atoms with Crippen LogP contribution >= 0.6 is 23.4 Å². The maximum atomic E-state index is 12.2. The van der Waals surface area contributed by atoms with E-state index in [1.165, 1.54) is 0 Å². The Labute approximate surface area is 140 Å². The first kappa shape index (κ1) is 16.9. The SMILES string of the molecule is CCOC(=O)C(CSc1ccccc1)Cc1ccccc1Cl. The highest BCUT2D eigenvalue weighted by Crippen LogP contribution is 2.25. The maximum Gasteiger partial charge on any atom is 0.310 e. The zero-order valence-corrected chi connectivity index (χ0v) is 14.1. The van der Waals surface area contributed by atoms with Crippen LogP contribution in [0.4, 0.5) is 0 Å². The first-order chi connectivity index (χ1) is 10.7. The van der Waals surface area contributed by atoms with E-state index >= 15 is 0 Å². The van der Waals surface area contributed by atoms with E-state index < -0.39 is 0 Å². The number of hydrogen-bond donors (Lipinski definition) is 0. The molecule has 116 valence electrons. The molecule has 0 bridgehead atoms. The van der Waals surface area contributed by atoms with Crippen molar-refractivity contribution in [3.05, 3.63) is 65.2 Å². The number of carbonyl (C=O) groups is 1. The summed E-state index contributed by atoms with van der Waals surface area (Å²) in [4.78, 5) is 13.4. The van der Waals surface area contributed by atoms with E-state index in [1.807, 2.05) is 61.5 Å². The second kappa shape index (κ2) is 8.86. The Hall–Kier alpha value is -1.45. The fraction of sp³-hybridized carbons (Fsp3) is 0.278. The number of thioether (sulfide) groups is 1. The summed E-state index contributed by atoms with van der Waals surface area (Å²) >= 11 is 7.87. The molecule has 22 heavy (non-hydrogen) atoms. The molecule has 1 unspecified atom stereocenters. The van der Waals surface area contributed by atoms with E-state index in [0.717, 1.165) is 10.5 Å². The molecule has 0 radical (unpaired) electrons. The van der Waals surface area contributed by atoms with Gasteiger partial charge in [-0.2, -0.15) is 0 Å². The van der Waals surface area contributed by atoms with Crippen molar-refractivity contribution in [3.63, 3.8) is 0 Å². The highest BCUT2D eigenvalue weighted by atomic mass is 35.5. The highest BCUT2D eigenvalue weighted by molar-refractivity contribution is 7.99. The molecule has 0 aliphatic carbocycles. The number of benzene rings is 2. The molecule has 2 nitrogen and oxygen atoms in total. The van der Waals surface area contributed by atoms with Crippen LogP contribution in [0, 0.1) is 5.92 Å². The van der Waals surface area contributed by atoms with Crippen molar-refractivity contribution in [2.45, 2.75) is 18.2 Å². The molecule has 1 atom stereocenters. The molecule has 0 fully saturated rings. The topological polar surface area (TPSA) is 26.3 Å². The van der Waals surface area contributed by atoms with Gasteiger partial charge in [0.25, 0.3) is 0 Å². The molecule has 0 aliphatic heterocycles. The monoisotopic (exact) mass is 334 g/mol. The van der Waals surface area contributed by atoms with Crippen LogP contribution in [0.1, 0.15) is 12.5 Å². The van der Waals surface area contributed by atoms with Crippen LogP contribution in [0.5, 0.6) is 0 Å². The van der Waals surface area contributed by atoms with Crippen LogP contribution in [-0.2, 0) is 16.0 Å². The third-order valence-electron chi connectivity index (χ3n) is 3.24. The lowest BCUT2D eigenvalue weighted by Crippen LogP contribution is -2.22. The predicted octanol–water partition coefficient (Wildman–Crippen LogP) is 4.85. The van der Waals surface area contributed by atoms with Crippen molar-refractivity contribution in [3.8, 4) is 0 Å². The van der Waals surface area contributed by atoms with Gasteiger partial charge in [0, 0.05) is 15.7 Å². The summed E-state index contributed by atoms with van der Waals surface area (Å²) in [7, 11) is 0. The molecule has 0 aromatic heterocycles. The van der Waals surface area contributed by atoms with E-state index in [2.05, 4.69) is 0 Å². The van der Waals surface area contributed by atoms with Gasteiger partial charge in [-0.1, -0.05) is 48.0 Å². The summed E-state index contributed by atoms with van der Waals surface area (Å²) in [5.41, 5.74) is 0.982. The minimum atomic E-state index is -0.204. The minimum absolute atomic E-state index is 0.161. The Morgan fingerprint density at radius 1 is 1.14 bits per heavy atom. The van der Waals surface area contributed by atoms with E-state index in [-0.39, 0.29) is 11.9 Å². The van der Waals surface area contributed by atoms with Crippen molar-refractivity contribution in [1.29, 1.82) is 0 Å². The molecule has 0 saturated carbocycles. The first-order valence-corrected chi connectivity index (χ1v) is 8.65. The van der Waals surface area contributed by atoms with Crippen LogP contribution in [0.2, 0.25) is 5.02 Å². The minimum Gasteiger partial charge on any atom is -0.466 e. The number of esters is 1. The van der Waals surface area contributed by atoms with Crippen molar-refractivity contribution >= 4 is 29.3 Å². The van der Waals surface area contributed by atoms with Crippen LogP contribution in [0.15, 0.2) is 59.5 Å². The van der Waals surface area contributed by atoms with Crippen molar-refractivity contribution in [2.24, 2.45) is 5.92 Å². The summed E-state index contributed by atoms with van der Waals surface area (Å²) in [5.74, 6) is 0.310. The fourth-order valence-corrected chi connectivity index (χ4v) is 3.32. The molecule has 0 amide bonds. The third kappa shape index (κ3) is 5.08. The lowest BCUT2D eigenvalue weighted by molar-refractivity contribution is -0.147. The number of carbonyl (C=O) groups excluding carboxylic acids is 1. The molecule has 0 heterocycles. The van der Waals surface area contributed by atoms with Crippen LogP contribution in [0.25, 0.3) is 0 Å². The second-order valence-electron chi connectivity index (χ2n) is 4.87. The van der Waals surface area contributed by atoms with Gasteiger partial charge in [-0.15, -0.1) is 11.8 Å². The summed E-state index contributed by atoms with van der Waals surface area (Å²) in [6, 6.07) is 17.7. The van der Waals surface area contributed by atoms with Crippen molar-refractivity contribution < 1.29 is 9.53 Å². The largest absolute Gasteiger partial charge is 0.466 e. The second-order valence-corrected chi connectivity index (χ2v) is 6.37. The highest BCUT2D eigenvalue weighted by Gasteiger charge is 2.21. The molecule has 2 aromatic carbocycles. The predicted molar refractivity (Wildman–Crippen MR) is 92.4 cm³/mol. The van der Waals surface area contributed by atoms with Gasteiger partial charge in [0.15, 0.2) is 0 Å². The summed E-state index contributed by atoms with van der Waals surface area (Å²) < 4.78 is 5.21. The third-order valence-corrected chi connectivity index (χ3v) is 4.78. The molecule has 0 N–H and O–H groups in total. The molecule has 0 spiro atoms. The Bertz CT molecular complexity index is 601. The number of rotatable bonds is 7. The zero-order valence-electron chi connectivity index (χ0n) is 12.5. The van der Waals surface area contributed by atoms with Gasteiger partial charge in [0.05, 0.1) is 12.5 Å². The van der Waals surface area contributed by atoms with Gasteiger partial charge >= 0.3 is 5.97 Å². The van der Waals surface area contributed by atoms with E-state index in [9.17, 15) is 4.79 Å². The van der Waals surface area contributed by atoms with Gasteiger partial charge < -0.3 is 4.74 Å². The lowest BCUT2D eigenvalue weighted by atomic mass is 10.0. The zero-order chi connectivity index (χ0) is 15.8. The molecule has 0 aliphatic rings. The molecule has 2 rings (SSSR count). The smallest absolute Gasteiger partial charge is 0.310 e. The normalized spacial score (nSPS) is 11.9. The number of hydrogen-bond acceptors (Lipinski definition) is 3. The first-order valence-electron chi connectivity index (χ1n) is 7.28. The molecule has 0 saturated heterocycles. The van der Waals surface area contributed by atoms with Gasteiger partial charge in [0.2, 0.25) is 0 Å². The summed E-state index contributed by atoms with van der Waals surface area (Å²) in [5, 5.41) is 0.696. The van der Waals surface area contributed by atoms with Crippen LogP contribution < -0.4 is 0 Å². The Balaban J connectivity index is 2.06. The van der Waals surface area contributed by atoms with Crippen LogP contribution in [-0.4, -0.2) is 18.3 Å². The Morgan fingerprint density at radius 2 is 1.82 bits per heavy atom. The molecular formula is C18H19ClO2S. The summed E-state index contributed by atoms with van der Waals surface area (Å²) in [6.07, 6.45) is 0.596. The van der Waals surface area contributed by atoms with Crippen molar-refractivity contribution in [1.82, 2.24) is 0 Å². The van der Waals surface area contributed by atoms with E-state index in [4.69, 9.17) is 16.3 Å². The van der Waals surface area contributed by atoms with Gasteiger partial charge in [-0.3, -0.25) is 4.79 Å². The number of halogens is 1. The standard InChI is InChI=1S/C18H19ClO2S/c1-2-21-18(20)15(12-14-8-6-7-11-17(14)19)13-22-16-9-4-3-5-10-16/h3-11,15H,2,12-13H2,1H3. The van der Waals surface area contributed by atoms with Crippen molar-refractivity contribution in [2.75, 3.05) is 12.4 Å². The van der Waals surface area contributed by atoms with Crippen LogP contribution in [0.3, 0.4) is 0 Å². The molecule has 4 heteroatoms. The Kier molecular flexibility index (Phi) is 6.81. The lowest BCUT2D eigenvalue weighted by Gasteiger charge is -2.16. The molecular weight excluding hydrogens is 316 g/mol. The van der Waals surface area contributed by atoms with E-state index in [0.29, 0.717) is 23.8 Å². The van der Waals surface area contributed by atoms with E-state index in [1.54, 1.807) is 11.8 Å². The quantitative estimate of drug-likeness (QED) is 0.534. The Morgan fingerprint density at radius 3 is 2.50 bits per heavy atom. The fourth-order valence-electron chi connectivity index (χ4n) is 2.11. The average molecular weight is 335 g/mol. The number of ether oxygens (including phenoxy) is 1. The average Bonchev–Trinajstić information content (AvgIpc) is 2.54. The summed E-state index contributed by atoms with van der Waals surface area (Å²) in [6.45, 7) is 2.22. The van der Waals surface area contributed by atoms with Gasteiger partial charge in [0.1, 0.15) is 0 Å². The molecule has 2 aromatic rings. The van der Waals surface area contributed by atoms with Gasteiger partial charge in [-0.05, 0) is 37.1 Å². The van der Waals surface area contributed by atoms with Gasteiger partial charge in [-0.25, -0.2) is 0 Å². The maximum absolute atomic E-state index is 12.2.